The Morgan fingerprint density at radius 3 is 2.13 bits per heavy atom. The highest BCUT2D eigenvalue weighted by Crippen LogP contribution is 2.20. The summed E-state index contributed by atoms with van der Waals surface area (Å²) in [5.74, 6) is -0.0787. The first kappa shape index (κ1) is 16.7. The predicted octanol–water partition coefficient (Wildman–Crippen LogP) is 4.29. The molecule has 4 heteroatoms. The van der Waals surface area contributed by atoms with E-state index in [1.807, 2.05) is 39.0 Å². The van der Waals surface area contributed by atoms with Gasteiger partial charge in [0, 0.05) is 23.9 Å². The molecule has 0 aromatic heterocycles. The van der Waals surface area contributed by atoms with Gasteiger partial charge >= 0.3 is 6.09 Å². The van der Waals surface area contributed by atoms with E-state index in [1.54, 1.807) is 43.4 Å². The van der Waals surface area contributed by atoms with Crippen LogP contribution in [0.5, 0.6) is 0 Å². The lowest BCUT2D eigenvalue weighted by Crippen LogP contribution is -2.34. The average molecular weight is 311 g/mol. The van der Waals surface area contributed by atoms with E-state index in [2.05, 4.69) is 0 Å². The minimum Gasteiger partial charge on any atom is -0.443 e. The van der Waals surface area contributed by atoms with Crippen LogP contribution in [-0.4, -0.2) is 24.5 Å². The van der Waals surface area contributed by atoms with Crippen molar-refractivity contribution < 1.29 is 14.3 Å². The molecule has 0 fully saturated rings. The molecule has 120 valence electrons. The van der Waals surface area contributed by atoms with E-state index < -0.39 is 11.7 Å². The third-order valence-electron chi connectivity index (χ3n) is 3.20. The molecule has 0 aliphatic carbocycles. The zero-order valence-corrected chi connectivity index (χ0v) is 13.9. The van der Waals surface area contributed by atoms with Crippen molar-refractivity contribution >= 4 is 17.6 Å². The summed E-state index contributed by atoms with van der Waals surface area (Å²) in [5.41, 5.74) is 1.19. The van der Waals surface area contributed by atoms with Crippen LogP contribution in [0.3, 0.4) is 0 Å². The van der Waals surface area contributed by atoms with Crippen molar-refractivity contribution in [2.24, 2.45) is 0 Å². The van der Waals surface area contributed by atoms with E-state index in [1.165, 1.54) is 4.90 Å². The Morgan fingerprint density at radius 2 is 1.52 bits per heavy atom. The maximum atomic E-state index is 12.5. The molecule has 0 aliphatic heterocycles. The minimum atomic E-state index is -0.567. The van der Waals surface area contributed by atoms with Gasteiger partial charge in [0.1, 0.15) is 5.60 Å². The van der Waals surface area contributed by atoms with Crippen molar-refractivity contribution in [1.29, 1.82) is 0 Å². The Hall–Kier alpha value is -2.62. The van der Waals surface area contributed by atoms with Gasteiger partial charge in [-0.05, 0) is 32.9 Å². The number of amides is 1. The van der Waals surface area contributed by atoms with Crippen LogP contribution in [0.1, 0.15) is 36.7 Å². The Labute approximate surface area is 136 Å². The minimum absolute atomic E-state index is 0.0787. The van der Waals surface area contributed by atoms with Gasteiger partial charge in [-0.3, -0.25) is 9.69 Å². The lowest BCUT2D eigenvalue weighted by atomic mass is 10.0. The quantitative estimate of drug-likeness (QED) is 0.794. The van der Waals surface area contributed by atoms with Crippen molar-refractivity contribution in [3.8, 4) is 0 Å². The fourth-order valence-electron chi connectivity index (χ4n) is 2.05. The lowest BCUT2D eigenvalue weighted by molar-refractivity contribution is 0.0589. The van der Waals surface area contributed by atoms with Gasteiger partial charge < -0.3 is 4.74 Å². The normalized spacial score (nSPS) is 11.0. The molecule has 0 radical (unpaired) electrons. The monoisotopic (exact) mass is 311 g/mol. The maximum Gasteiger partial charge on any atom is 0.414 e. The van der Waals surface area contributed by atoms with Gasteiger partial charge in [0.15, 0.2) is 5.78 Å². The molecule has 1 amide bonds. The summed E-state index contributed by atoms with van der Waals surface area (Å²) < 4.78 is 5.34. The first-order valence-electron chi connectivity index (χ1n) is 7.44. The Morgan fingerprint density at radius 1 is 0.913 bits per heavy atom. The molecule has 0 saturated carbocycles. The second-order valence-corrected chi connectivity index (χ2v) is 6.28. The number of anilines is 1. The molecule has 2 rings (SSSR count). The number of hydrogen-bond acceptors (Lipinski definition) is 3. The molecule has 2 aromatic rings. The fraction of sp³-hybridized carbons (Fsp3) is 0.263. The van der Waals surface area contributed by atoms with Gasteiger partial charge in [-0.1, -0.05) is 42.5 Å². The van der Waals surface area contributed by atoms with Gasteiger partial charge in [0.2, 0.25) is 0 Å². The lowest BCUT2D eigenvalue weighted by Gasteiger charge is -2.24. The third kappa shape index (κ3) is 4.42. The molecule has 23 heavy (non-hydrogen) atoms. The van der Waals surface area contributed by atoms with E-state index in [4.69, 9.17) is 4.74 Å². The standard InChI is InChI=1S/C19H21NO3/c1-19(2,3)23-18(22)20(4)16-12-8-11-15(13-16)17(21)14-9-6-5-7-10-14/h5-13H,1-4H3. The predicted molar refractivity (Wildman–Crippen MR) is 91.0 cm³/mol. The van der Waals surface area contributed by atoms with Crippen molar-refractivity contribution in [1.82, 2.24) is 0 Å². The second-order valence-electron chi connectivity index (χ2n) is 6.28. The molecule has 0 saturated heterocycles. The molecular weight excluding hydrogens is 290 g/mol. The number of rotatable bonds is 3. The summed E-state index contributed by atoms with van der Waals surface area (Å²) in [6, 6.07) is 16.0. The molecule has 0 spiro atoms. The van der Waals surface area contributed by atoms with Crippen molar-refractivity contribution in [2.45, 2.75) is 26.4 Å². The number of benzene rings is 2. The van der Waals surface area contributed by atoms with Crippen LogP contribution in [-0.2, 0) is 4.74 Å². The first-order valence-corrected chi connectivity index (χ1v) is 7.44. The summed E-state index contributed by atoms with van der Waals surface area (Å²) in [4.78, 5) is 26.0. The van der Waals surface area contributed by atoms with E-state index in [0.29, 0.717) is 16.8 Å². The number of carbonyl (C=O) groups excluding carboxylic acids is 2. The van der Waals surface area contributed by atoms with Crippen LogP contribution in [0.25, 0.3) is 0 Å². The fourth-order valence-corrected chi connectivity index (χ4v) is 2.05. The number of ether oxygens (including phenoxy) is 1. The van der Waals surface area contributed by atoms with Gasteiger partial charge in [-0.15, -0.1) is 0 Å². The van der Waals surface area contributed by atoms with Crippen LogP contribution in [0.2, 0.25) is 0 Å². The first-order chi connectivity index (χ1) is 10.8. The van der Waals surface area contributed by atoms with E-state index in [0.717, 1.165) is 0 Å². The Balaban J connectivity index is 2.23. The molecule has 0 atom stereocenters. The molecule has 2 aromatic carbocycles. The van der Waals surface area contributed by atoms with E-state index in [9.17, 15) is 9.59 Å². The zero-order valence-electron chi connectivity index (χ0n) is 13.9. The van der Waals surface area contributed by atoms with Gasteiger partial charge in [0.05, 0.1) is 0 Å². The number of carbonyl (C=O) groups is 2. The largest absolute Gasteiger partial charge is 0.443 e. The van der Waals surface area contributed by atoms with Crippen LogP contribution in [0, 0.1) is 0 Å². The SMILES string of the molecule is CN(C(=O)OC(C)(C)C)c1cccc(C(=O)c2ccccc2)c1. The summed E-state index contributed by atoms with van der Waals surface area (Å²) in [6.45, 7) is 5.44. The summed E-state index contributed by atoms with van der Waals surface area (Å²) in [6.07, 6.45) is -0.457. The van der Waals surface area contributed by atoms with Crippen molar-refractivity contribution in [2.75, 3.05) is 11.9 Å². The van der Waals surface area contributed by atoms with Crippen LogP contribution >= 0.6 is 0 Å². The topological polar surface area (TPSA) is 46.6 Å². The average Bonchev–Trinajstić information content (AvgIpc) is 2.52. The van der Waals surface area contributed by atoms with Gasteiger partial charge in [-0.2, -0.15) is 0 Å². The zero-order chi connectivity index (χ0) is 17.0. The Kier molecular flexibility index (Phi) is 4.84. The van der Waals surface area contributed by atoms with Crippen LogP contribution in [0.15, 0.2) is 54.6 Å². The molecule has 4 nitrogen and oxygen atoms in total. The van der Waals surface area contributed by atoms with E-state index >= 15 is 0 Å². The molecule has 0 N–H and O–H groups in total. The molecular formula is C19H21NO3. The van der Waals surface area contributed by atoms with Crippen LogP contribution in [0.4, 0.5) is 10.5 Å². The van der Waals surface area contributed by atoms with Gasteiger partial charge in [0.25, 0.3) is 0 Å². The smallest absolute Gasteiger partial charge is 0.414 e. The van der Waals surface area contributed by atoms with Gasteiger partial charge in [-0.25, -0.2) is 4.79 Å². The van der Waals surface area contributed by atoms with Crippen LogP contribution < -0.4 is 4.90 Å². The highest BCUT2D eigenvalue weighted by molar-refractivity contribution is 6.09. The van der Waals surface area contributed by atoms with Crippen molar-refractivity contribution in [3.63, 3.8) is 0 Å². The molecule has 0 heterocycles. The summed E-state index contributed by atoms with van der Waals surface area (Å²) in [7, 11) is 1.63. The number of nitrogens with zero attached hydrogens (tertiary/aromatic N) is 1. The molecule has 0 bridgehead atoms. The highest BCUT2D eigenvalue weighted by Gasteiger charge is 2.21. The molecule has 0 aliphatic rings. The number of hydrogen-bond donors (Lipinski definition) is 0. The second kappa shape index (κ2) is 6.65. The summed E-state index contributed by atoms with van der Waals surface area (Å²) in [5, 5.41) is 0. The Bertz CT molecular complexity index is 702. The maximum absolute atomic E-state index is 12.5. The number of ketones is 1. The highest BCUT2D eigenvalue weighted by atomic mass is 16.6. The molecule has 0 unspecified atom stereocenters. The third-order valence-corrected chi connectivity index (χ3v) is 3.20. The van der Waals surface area contributed by atoms with E-state index in [-0.39, 0.29) is 5.78 Å². The van der Waals surface area contributed by atoms with Crippen molar-refractivity contribution in [3.05, 3.63) is 65.7 Å². The summed E-state index contributed by atoms with van der Waals surface area (Å²) >= 11 is 0.